The summed E-state index contributed by atoms with van der Waals surface area (Å²) in [4.78, 5) is 19.9. The Balaban J connectivity index is 1.39. The van der Waals surface area contributed by atoms with Gasteiger partial charge in [0.2, 0.25) is 5.91 Å². The Morgan fingerprint density at radius 2 is 1.88 bits per heavy atom. The van der Waals surface area contributed by atoms with Crippen molar-refractivity contribution in [3.05, 3.63) is 78.1 Å². The van der Waals surface area contributed by atoms with Crippen molar-refractivity contribution in [3.8, 4) is 0 Å². The number of H-pyrrole nitrogens is 1. The maximum absolute atomic E-state index is 12.3. The van der Waals surface area contributed by atoms with Crippen LogP contribution in [-0.4, -0.2) is 22.4 Å². The monoisotopic (exact) mass is 329 g/mol. The van der Waals surface area contributed by atoms with Crippen LogP contribution in [-0.2, 0) is 17.6 Å². The molecule has 1 amide bonds. The molecule has 4 aromatic rings. The molecule has 4 rings (SSSR count). The first kappa shape index (κ1) is 15.4. The number of hydrogen-bond acceptors (Lipinski definition) is 2. The Kier molecular flexibility index (Phi) is 4.17. The number of para-hydroxylation sites is 2. The lowest BCUT2D eigenvalue weighted by Gasteiger charge is -2.07. The normalized spacial score (nSPS) is 11.0. The number of aromatic nitrogens is 2. The van der Waals surface area contributed by atoms with Crippen LogP contribution in [0.4, 0.5) is 0 Å². The number of nitrogens with zero attached hydrogens (tertiary/aromatic N) is 1. The fourth-order valence-electron chi connectivity index (χ4n) is 3.22. The van der Waals surface area contributed by atoms with Crippen molar-refractivity contribution in [2.24, 2.45) is 0 Å². The van der Waals surface area contributed by atoms with Crippen molar-refractivity contribution in [1.82, 2.24) is 15.3 Å². The molecular formula is C21H19N3O. The van der Waals surface area contributed by atoms with E-state index in [1.807, 2.05) is 42.6 Å². The lowest BCUT2D eigenvalue weighted by atomic mass is 10.1. The summed E-state index contributed by atoms with van der Waals surface area (Å²) in [6.07, 6.45) is 4.88. The van der Waals surface area contributed by atoms with Crippen LogP contribution < -0.4 is 5.32 Å². The lowest BCUT2D eigenvalue weighted by Crippen LogP contribution is -2.27. The molecule has 0 spiro atoms. The topological polar surface area (TPSA) is 57.8 Å². The summed E-state index contributed by atoms with van der Waals surface area (Å²) in [5.74, 6) is 0.0398. The van der Waals surface area contributed by atoms with E-state index in [4.69, 9.17) is 0 Å². The third-order valence-corrected chi connectivity index (χ3v) is 4.46. The second kappa shape index (κ2) is 6.77. The Hall–Kier alpha value is -3.14. The molecule has 4 heteroatoms. The maximum atomic E-state index is 12.3. The molecule has 25 heavy (non-hydrogen) atoms. The van der Waals surface area contributed by atoms with Gasteiger partial charge in [-0.25, -0.2) is 0 Å². The molecular weight excluding hydrogens is 310 g/mol. The van der Waals surface area contributed by atoms with Crippen molar-refractivity contribution in [2.75, 3.05) is 6.54 Å². The largest absolute Gasteiger partial charge is 0.361 e. The summed E-state index contributed by atoms with van der Waals surface area (Å²) in [6.45, 7) is 0.608. The minimum Gasteiger partial charge on any atom is -0.361 e. The lowest BCUT2D eigenvalue weighted by molar-refractivity contribution is -0.120. The predicted molar refractivity (Wildman–Crippen MR) is 100 cm³/mol. The van der Waals surface area contributed by atoms with Gasteiger partial charge in [0, 0.05) is 35.2 Å². The second-order valence-corrected chi connectivity index (χ2v) is 6.13. The summed E-state index contributed by atoms with van der Waals surface area (Å²) >= 11 is 0. The number of carbonyl (C=O) groups is 1. The van der Waals surface area contributed by atoms with Gasteiger partial charge in [0.25, 0.3) is 0 Å². The van der Waals surface area contributed by atoms with E-state index in [2.05, 4.69) is 33.5 Å². The Morgan fingerprint density at radius 1 is 1.00 bits per heavy atom. The minimum atomic E-state index is 0.0398. The molecule has 0 bridgehead atoms. The van der Waals surface area contributed by atoms with Gasteiger partial charge >= 0.3 is 0 Å². The highest BCUT2D eigenvalue weighted by molar-refractivity contribution is 5.89. The van der Waals surface area contributed by atoms with E-state index in [9.17, 15) is 4.79 Å². The molecule has 2 heterocycles. The number of fused-ring (bicyclic) bond motifs is 2. The van der Waals surface area contributed by atoms with Crippen molar-refractivity contribution >= 4 is 27.7 Å². The van der Waals surface area contributed by atoms with Gasteiger partial charge < -0.3 is 10.3 Å². The number of pyridine rings is 1. The van der Waals surface area contributed by atoms with Gasteiger partial charge in [-0.05, 0) is 29.7 Å². The van der Waals surface area contributed by atoms with Gasteiger partial charge in [-0.3, -0.25) is 9.78 Å². The van der Waals surface area contributed by atoms with E-state index in [0.29, 0.717) is 13.0 Å². The van der Waals surface area contributed by atoms with E-state index in [-0.39, 0.29) is 5.91 Å². The molecule has 2 aromatic heterocycles. The van der Waals surface area contributed by atoms with Gasteiger partial charge in [0.1, 0.15) is 0 Å². The number of benzene rings is 2. The van der Waals surface area contributed by atoms with E-state index < -0.39 is 0 Å². The van der Waals surface area contributed by atoms with Crippen LogP contribution in [0.3, 0.4) is 0 Å². The molecule has 0 saturated heterocycles. The summed E-state index contributed by atoms with van der Waals surface area (Å²) in [7, 11) is 0. The smallest absolute Gasteiger partial charge is 0.224 e. The second-order valence-electron chi connectivity index (χ2n) is 6.13. The molecule has 0 aliphatic heterocycles. The van der Waals surface area contributed by atoms with Gasteiger partial charge in [-0.2, -0.15) is 0 Å². The zero-order chi connectivity index (χ0) is 17.1. The molecule has 124 valence electrons. The summed E-state index contributed by atoms with van der Waals surface area (Å²) in [6, 6.07) is 18.2. The van der Waals surface area contributed by atoms with Gasteiger partial charge in [-0.1, -0.05) is 42.5 Å². The third kappa shape index (κ3) is 3.24. The Bertz CT molecular complexity index is 1030. The standard InChI is InChI=1S/C21H19N3O/c25-20(13-17-14-24-19-9-2-1-8-18(17)19)22-12-10-16-6-3-5-15-7-4-11-23-21(15)16/h1-9,11,14,24H,10,12-13H2,(H,22,25). The van der Waals surface area contributed by atoms with E-state index in [1.54, 1.807) is 6.20 Å². The Labute approximate surface area is 145 Å². The molecule has 2 N–H and O–H groups in total. The quantitative estimate of drug-likeness (QED) is 0.587. The van der Waals surface area contributed by atoms with Crippen molar-refractivity contribution in [3.63, 3.8) is 0 Å². The highest BCUT2D eigenvalue weighted by atomic mass is 16.1. The first-order chi connectivity index (χ1) is 12.3. The van der Waals surface area contributed by atoms with Crippen molar-refractivity contribution in [2.45, 2.75) is 12.8 Å². The number of hydrogen-bond donors (Lipinski definition) is 2. The predicted octanol–water partition coefficient (Wildman–Crippen LogP) is 3.62. The van der Waals surface area contributed by atoms with Crippen LogP contribution in [0.2, 0.25) is 0 Å². The van der Waals surface area contributed by atoms with Gasteiger partial charge in [-0.15, -0.1) is 0 Å². The third-order valence-electron chi connectivity index (χ3n) is 4.46. The number of nitrogens with one attached hydrogen (secondary N) is 2. The van der Waals surface area contributed by atoms with Crippen LogP contribution in [0.5, 0.6) is 0 Å². The number of rotatable bonds is 5. The van der Waals surface area contributed by atoms with Crippen molar-refractivity contribution < 1.29 is 4.79 Å². The SMILES string of the molecule is O=C(Cc1c[nH]c2ccccc12)NCCc1cccc2cccnc12. The van der Waals surface area contributed by atoms with E-state index >= 15 is 0 Å². The molecule has 4 nitrogen and oxygen atoms in total. The average Bonchev–Trinajstić information content (AvgIpc) is 3.05. The maximum Gasteiger partial charge on any atom is 0.224 e. The number of carbonyl (C=O) groups excluding carboxylic acids is 1. The molecule has 0 radical (unpaired) electrons. The molecule has 2 aromatic carbocycles. The van der Waals surface area contributed by atoms with Gasteiger partial charge in [0.05, 0.1) is 11.9 Å². The van der Waals surface area contributed by atoms with Crippen LogP contribution in [0.25, 0.3) is 21.8 Å². The summed E-state index contributed by atoms with van der Waals surface area (Å²) in [5, 5.41) is 5.26. The molecule has 0 aliphatic carbocycles. The fourth-order valence-corrected chi connectivity index (χ4v) is 3.22. The average molecular weight is 329 g/mol. The molecule has 0 atom stereocenters. The highest BCUT2D eigenvalue weighted by Gasteiger charge is 2.08. The van der Waals surface area contributed by atoms with E-state index in [1.165, 1.54) is 0 Å². The molecule has 0 aliphatic rings. The molecule has 0 fully saturated rings. The fraction of sp³-hybridized carbons (Fsp3) is 0.143. The van der Waals surface area contributed by atoms with Crippen LogP contribution >= 0.6 is 0 Å². The first-order valence-corrected chi connectivity index (χ1v) is 8.45. The summed E-state index contributed by atoms with van der Waals surface area (Å²) < 4.78 is 0. The van der Waals surface area contributed by atoms with Crippen molar-refractivity contribution in [1.29, 1.82) is 0 Å². The van der Waals surface area contributed by atoms with Crippen LogP contribution in [0, 0.1) is 0 Å². The van der Waals surface area contributed by atoms with Gasteiger partial charge in [0.15, 0.2) is 0 Å². The summed E-state index contributed by atoms with van der Waals surface area (Å²) in [5.41, 5.74) is 4.26. The van der Waals surface area contributed by atoms with Crippen LogP contribution in [0.1, 0.15) is 11.1 Å². The number of amides is 1. The molecule has 0 unspecified atom stereocenters. The first-order valence-electron chi connectivity index (χ1n) is 8.45. The zero-order valence-corrected chi connectivity index (χ0v) is 13.8. The number of aromatic amines is 1. The molecule has 0 saturated carbocycles. The minimum absolute atomic E-state index is 0.0398. The van der Waals surface area contributed by atoms with Crippen LogP contribution in [0.15, 0.2) is 67.0 Å². The highest BCUT2D eigenvalue weighted by Crippen LogP contribution is 2.18. The Morgan fingerprint density at radius 3 is 2.84 bits per heavy atom. The zero-order valence-electron chi connectivity index (χ0n) is 13.8. The van der Waals surface area contributed by atoms with E-state index in [0.717, 1.165) is 39.4 Å².